The quantitative estimate of drug-likeness (QED) is 0.820. The molecule has 2 N–H and O–H groups in total. The summed E-state index contributed by atoms with van der Waals surface area (Å²) in [5, 5.41) is 6.68. The molecule has 4 nitrogen and oxygen atoms in total. The van der Waals surface area contributed by atoms with Crippen molar-refractivity contribution in [3.63, 3.8) is 0 Å². The maximum Gasteiger partial charge on any atom is 0.242 e. The van der Waals surface area contributed by atoms with Gasteiger partial charge in [0.25, 0.3) is 0 Å². The third-order valence-corrected chi connectivity index (χ3v) is 4.07. The Labute approximate surface area is 118 Å². The Hall–Kier alpha value is -1.13. The normalized spacial score (nSPS) is 22.0. The minimum absolute atomic E-state index is 0.00628. The molecule has 0 bridgehead atoms. The Morgan fingerprint density at radius 1 is 1.58 bits per heavy atom. The van der Waals surface area contributed by atoms with Crippen LogP contribution in [0.4, 0.5) is 5.69 Å². The van der Waals surface area contributed by atoms with E-state index < -0.39 is 0 Å². The van der Waals surface area contributed by atoms with Crippen LogP contribution in [0.2, 0.25) is 5.15 Å². The van der Waals surface area contributed by atoms with Gasteiger partial charge in [-0.15, -0.1) is 0 Å². The van der Waals surface area contributed by atoms with Crippen molar-refractivity contribution in [3.8, 4) is 0 Å². The smallest absolute Gasteiger partial charge is 0.242 e. The van der Waals surface area contributed by atoms with Crippen molar-refractivity contribution in [2.24, 2.45) is 5.41 Å². The Morgan fingerprint density at radius 2 is 2.32 bits per heavy atom. The molecule has 1 atom stereocenters. The molecule has 0 radical (unpaired) electrons. The largest absolute Gasteiger partial charge is 0.323 e. The average molecular weight is 282 g/mol. The van der Waals surface area contributed by atoms with Crippen molar-refractivity contribution in [3.05, 3.63) is 23.0 Å². The molecule has 1 aromatic heterocycles. The maximum absolute atomic E-state index is 12.3. The van der Waals surface area contributed by atoms with E-state index in [4.69, 9.17) is 11.6 Å². The SMILES string of the molecule is Cc1cc(NC(=O)C2NCCCC2(C)C)cnc1Cl. The van der Waals surface area contributed by atoms with E-state index in [2.05, 4.69) is 29.5 Å². The highest BCUT2D eigenvalue weighted by atomic mass is 35.5. The summed E-state index contributed by atoms with van der Waals surface area (Å²) in [5.74, 6) is -0.00628. The zero-order valence-corrected chi connectivity index (χ0v) is 12.3. The van der Waals surface area contributed by atoms with E-state index in [9.17, 15) is 4.79 Å². The van der Waals surface area contributed by atoms with Crippen molar-refractivity contribution in [2.45, 2.75) is 39.7 Å². The molecular weight excluding hydrogens is 262 g/mol. The van der Waals surface area contributed by atoms with Gasteiger partial charge in [-0.3, -0.25) is 4.79 Å². The number of aromatic nitrogens is 1. The summed E-state index contributed by atoms with van der Waals surface area (Å²) < 4.78 is 0. The van der Waals surface area contributed by atoms with Crippen molar-refractivity contribution >= 4 is 23.2 Å². The van der Waals surface area contributed by atoms with E-state index in [1.54, 1.807) is 6.20 Å². The van der Waals surface area contributed by atoms with Gasteiger partial charge in [0.2, 0.25) is 5.91 Å². The summed E-state index contributed by atoms with van der Waals surface area (Å²) in [4.78, 5) is 16.4. The number of piperidine rings is 1. The second-order valence-electron chi connectivity index (χ2n) is 5.80. The zero-order chi connectivity index (χ0) is 14.0. The lowest BCUT2D eigenvalue weighted by atomic mass is 9.77. The first kappa shape index (κ1) is 14.3. The van der Waals surface area contributed by atoms with E-state index in [1.165, 1.54) is 0 Å². The predicted octanol–water partition coefficient (Wildman–Crippen LogP) is 2.76. The highest BCUT2D eigenvalue weighted by Gasteiger charge is 2.37. The van der Waals surface area contributed by atoms with Crippen LogP contribution in [0.3, 0.4) is 0 Å². The maximum atomic E-state index is 12.3. The lowest BCUT2D eigenvalue weighted by Gasteiger charge is -2.38. The second kappa shape index (κ2) is 5.47. The first-order chi connectivity index (χ1) is 8.90. The number of aryl methyl sites for hydroxylation is 1. The summed E-state index contributed by atoms with van der Waals surface area (Å²) in [7, 11) is 0. The van der Waals surface area contributed by atoms with Gasteiger partial charge in [-0.05, 0) is 43.4 Å². The molecule has 1 aliphatic rings. The number of rotatable bonds is 2. The molecule has 1 saturated heterocycles. The monoisotopic (exact) mass is 281 g/mol. The van der Waals surface area contributed by atoms with Gasteiger partial charge in [0, 0.05) is 0 Å². The molecule has 104 valence electrons. The van der Waals surface area contributed by atoms with Crippen LogP contribution in [0, 0.1) is 12.3 Å². The fourth-order valence-corrected chi connectivity index (χ4v) is 2.60. The third kappa shape index (κ3) is 3.25. The van der Waals surface area contributed by atoms with Gasteiger partial charge in [-0.25, -0.2) is 4.98 Å². The molecule has 0 aliphatic carbocycles. The Kier molecular flexibility index (Phi) is 4.11. The molecular formula is C14H20ClN3O. The topological polar surface area (TPSA) is 54.0 Å². The van der Waals surface area contributed by atoms with Crippen molar-refractivity contribution in [1.82, 2.24) is 10.3 Å². The second-order valence-corrected chi connectivity index (χ2v) is 6.16. The molecule has 2 heterocycles. The number of nitrogens with one attached hydrogen (secondary N) is 2. The van der Waals surface area contributed by atoms with E-state index in [1.807, 2.05) is 13.0 Å². The first-order valence-corrected chi connectivity index (χ1v) is 6.94. The van der Waals surface area contributed by atoms with Crippen LogP contribution < -0.4 is 10.6 Å². The number of amides is 1. The standard InChI is InChI=1S/C14H20ClN3O/c1-9-7-10(8-17-12(9)15)18-13(19)11-14(2,3)5-4-6-16-11/h7-8,11,16H,4-6H2,1-3H3,(H,18,19). The molecule has 1 aromatic rings. The van der Waals surface area contributed by atoms with Crippen LogP contribution in [0.5, 0.6) is 0 Å². The number of pyridine rings is 1. The molecule has 1 fully saturated rings. The van der Waals surface area contributed by atoms with Crippen LogP contribution in [0.15, 0.2) is 12.3 Å². The first-order valence-electron chi connectivity index (χ1n) is 6.56. The van der Waals surface area contributed by atoms with Gasteiger partial charge in [0.05, 0.1) is 17.9 Å². The van der Waals surface area contributed by atoms with Crippen LogP contribution in [-0.4, -0.2) is 23.5 Å². The van der Waals surface area contributed by atoms with Gasteiger partial charge in [-0.1, -0.05) is 25.4 Å². The van der Waals surface area contributed by atoms with E-state index in [-0.39, 0.29) is 17.4 Å². The summed E-state index contributed by atoms with van der Waals surface area (Å²) in [6.45, 7) is 7.00. The molecule has 1 amide bonds. The third-order valence-electron chi connectivity index (χ3n) is 3.67. The van der Waals surface area contributed by atoms with Crippen molar-refractivity contribution in [2.75, 3.05) is 11.9 Å². The fraction of sp³-hybridized carbons (Fsp3) is 0.571. The van der Waals surface area contributed by atoms with E-state index >= 15 is 0 Å². The Bertz CT molecular complexity index is 488. The molecule has 0 saturated carbocycles. The highest BCUT2D eigenvalue weighted by Crippen LogP contribution is 2.30. The van der Waals surface area contributed by atoms with E-state index in [0.29, 0.717) is 10.8 Å². The molecule has 5 heteroatoms. The number of carbonyl (C=O) groups is 1. The van der Waals surface area contributed by atoms with Crippen LogP contribution in [0.25, 0.3) is 0 Å². The lowest BCUT2D eigenvalue weighted by Crippen LogP contribution is -2.53. The molecule has 1 unspecified atom stereocenters. The molecule has 2 rings (SSSR count). The number of hydrogen-bond acceptors (Lipinski definition) is 3. The van der Waals surface area contributed by atoms with Gasteiger partial charge >= 0.3 is 0 Å². The molecule has 0 aromatic carbocycles. The number of anilines is 1. The fourth-order valence-electron chi connectivity index (χ4n) is 2.50. The number of nitrogens with zero attached hydrogens (tertiary/aromatic N) is 1. The highest BCUT2D eigenvalue weighted by molar-refractivity contribution is 6.30. The van der Waals surface area contributed by atoms with E-state index in [0.717, 1.165) is 24.9 Å². The van der Waals surface area contributed by atoms with Crippen LogP contribution in [0.1, 0.15) is 32.3 Å². The summed E-state index contributed by atoms with van der Waals surface area (Å²) in [5.41, 5.74) is 1.52. The lowest BCUT2D eigenvalue weighted by molar-refractivity contribution is -0.121. The minimum Gasteiger partial charge on any atom is -0.323 e. The van der Waals surface area contributed by atoms with Crippen LogP contribution >= 0.6 is 11.6 Å². The zero-order valence-electron chi connectivity index (χ0n) is 11.6. The van der Waals surface area contributed by atoms with Crippen LogP contribution in [-0.2, 0) is 4.79 Å². The van der Waals surface area contributed by atoms with Gasteiger partial charge in [0.15, 0.2) is 0 Å². The number of hydrogen-bond donors (Lipinski definition) is 2. The average Bonchev–Trinajstić information content (AvgIpc) is 2.33. The summed E-state index contributed by atoms with van der Waals surface area (Å²) in [6.07, 6.45) is 3.75. The summed E-state index contributed by atoms with van der Waals surface area (Å²) >= 11 is 5.88. The number of carbonyl (C=O) groups excluding carboxylic acids is 1. The van der Waals surface area contributed by atoms with Crippen molar-refractivity contribution < 1.29 is 4.79 Å². The number of halogens is 1. The predicted molar refractivity (Wildman–Crippen MR) is 77.4 cm³/mol. The molecule has 19 heavy (non-hydrogen) atoms. The Balaban J connectivity index is 2.09. The van der Waals surface area contributed by atoms with Gasteiger partial charge in [-0.2, -0.15) is 0 Å². The van der Waals surface area contributed by atoms with Gasteiger partial charge in [0.1, 0.15) is 5.15 Å². The summed E-state index contributed by atoms with van der Waals surface area (Å²) in [6, 6.07) is 1.67. The Morgan fingerprint density at radius 3 is 2.95 bits per heavy atom. The molecule has 0 spiro atoms. The minimum atomic E-state index is -0.169. The van der Waals surface area contributed by atoms with Gasteiger partial charge < -0.3 is 10.6 Å². The molecule has 1 aliphatic heterocycles. The van der Waals surface area contributed by atoms with Crippen molar-refractivity contribution in [1.29, 1.82) is 0 Å².